The van der Waals surface area contributed by atoms with Crippen molar-refractivity contribution >= 4 is 5.91 Å². The van der Waals surface area contributed by atoms with Crippen LogP contribution in [0.5, 0.6) is 0 Å². The van der Waals surface area contributed by atoms with Crippen molar-refractivity contribution in [2.75, 3.05) is 13.6 Å². The molecule has 2 unspecified atom stereocenters. The molecule has 0 aliphatic carbocycles. The predicted octanol–water partition coefficient (Wildman–Crippen LogP) is 1.93. The number of hydrogen-bond acceptors (Lipinski definition) is 3. The van der Waals surface area contributed by atoms with Crippen LogP contribution in [0, 0.1) is 12.8 Å². The molecular weight excluding hydrogens is 228 g/mol. The Morgan fingerprint density at radius 2 is 2.39 bits per heavy atom. The second-order valence-electron chi connectivity index (χ2n) is 5.25. The first-order valence-corrected chi connectivity index (χ1v) is 6.61. The lowest BCUT2D eigenvalue weighted by atomic mass is 9.92. The summed E-state index contributed by atoms with van der Waals surface area (Å²) >= 11 is 0. The third-order valence-corrected chi connectivity index (χ3v) is 3.79. The zero-order chi connectivity index (χ0) is 13.1. The van der Waals surface area contributed by atoms with E-state index in [4.69, 9.17) is 4.42 Å². The second-order valence-corrected chi connectivity index (χ2v) is 5.25. The third-order valence-electron chi connectivity index (χ3n) is 3.79. The Bertz CT molecular complexity index is 414. The van der Waals surface area contributed by atoms with Crippen LogP contribution in [0.15, 0.2) is 16.7 Å². The van der Waals surface area contributed by atoms with Crippen molar-refractivity contribution < 1.29 is 9.21 Å². The van der Waals surface area contributed by atoms with E-state index in [1.165, 1.54) is 0 Å². The summed E-state index contributed by atoms with van der Waals surface area (Å²) in [7, 11) is 1.86. The van der Waals surface area contributed by atoms with Crippen LogP contribution in [-0.4, -0.2) is 30.4 Å². The summed E-state index contributed by atoms with van der Waals surface area (Å²) in [5.74, 6) is 1.49. The van der Waals surface area contributed by atoms with E-state index in [9.17, 15) is 4.79 Å². The standard InChI is InChI=1S/C14H22N2O2/c1-10-5-4-7-15-13(10)14(17)16(3)9-12-6-8-18-11(12)2/h6,8,10,13,15H,4-5,7,9H2,1-3H3. The Morgan fingerprint density at radius 3 is 3.00 bits per heavy atom. The molecule has 1 fully saturated rings. The highest BCUT2D eigenvalue weighted by Crippen LogP contribution is 2.18. The molecule has 4 heteroatoms. The summed E-state index contributed by atoms with van der Waals surface area (Å²) in [6.07, 6.45) is 3.96. The first-order chi connectivity index (χ1) is 8.59. The van der Waals surface area contributed by atoms with Crippen molar-refractivity contribution in [3.8, 4) is 0 Å². The van der Waals surface area contributed by atoms with Gasteiger partial charge in [-0.1, -0.05) is 6.92 Å². The lowest BCUT2D eigenvalue weighted by Crippen LogP contribution is -2.51. The second kappa shape index (κ2) is 5.57. The summed E-state index contributed by atoms with van der Waals surface area (Å²) in [5.41, 5.74) is 1.08. The van der Waals surface area contributed by atoms with Gasteiger partial charge < -0.3 is 14.6 Å². The molecule has 2 heterocycles. The van der Waals surface area contributed by atoms with Gasteiger partial charge in [0.25, 0.3) is 0 Å². The Labute approximate surface area is 108 Å². The van der Waals surface area contributed by atoms with Gasteiger partial charge in [0.2, 0.25) is 5.91 Å². The maximum Gasteiger partial charge on any atom is 0.240 e. The van der Waals surface area contributed by atoms with E-state index in [1.54, 1.807) is 11.2 Å². The summed E-state index contributed by atoms with van der Waals surface area (Å²) in [6, 6.07) is 1.90. The van der Waals surface area contributed by atoms with E-state index in [2.05, 4.69) is 12.2 Å². The third kappa shape index (κ3) is 2.75. The minimum atomic E-state index is -0.0315. The topological polar surface area (TPSA) is 45.5 Å². The van der Waals surface area contributed by atoms with E-state index in [0.717, 1.165) is 30.7 Å². The molecule has 1 aromatic heterocycles. The fraction of sp³-hybridized carbons (Fsp3) is 0.643. The molecule has 1 aliphatic rings. The van der Waals surface area contributed by atoms with Crippen LogP contribution < -0.4 is 5.32 Å². The molecule has 0 radical (unpaired) electrons. The average Bonchev–Trinajstić information content (AvgIpc) is 2.75. The SMILES string of the molecule is Cc1occc1CN(C)C(=O)C1NCCCC1C. The lowest BCUT2D eigenvalue weighted by Gasteiger charge is -2.32. The normalized spacial score (nSPS) is 23.9. The van der Waals surface area contributed by atoms with Crippen molar-refractivity contribution in [1.82, 2.24) is 10.2 Å². The number of rotatable bonds is 3. The van der Waals surface area contributed by atoms with Gasteiger partial charge in [0.05, 0.1) is 12.3 Å². The molecule has 0 saturated carbocycles. The molecule has 2 rings (SSSR count). The number of carbonyl (C=O) groups is 1. The Balaban J connectivity index is 1.98. The molecular formula is C14H22N2O2. The first-order valence-electron chi connectivity index (χ1n) is 6.61. The molecule has 4 nitrogen and oxygen atoms in total. The summed E-state index contributed by atoms with van der Waals surface area (Å²) < 4.78 is 5.26. The van der Waals surface area contributed by atoms with E-state index >= 15 is 0 Å². The molecule has 18 heavy (non-hydrogen) atoms. The number of amides is 1. The van der Waals surface area contributed by atoms with Crippen LogP contribution >= 0.6 is 0 Å². The van der Waals surface area contributed by atoms with Crippen LogP contribution in [0.2, 0.25) is 0 Å². The molecule has 2 atom stereocenters. The number of carbonyl (C=O) groups excluding carboxylic acids is 1. The Morgan fingerprint density at radius 1 is 1.61 bits per heavy atom. The first kappa shape index (κ1) is 13.1. The smallest absolute Gasteiger partial charge is 0.240 e. The van der Waals surface area contributed by atoms with Gasteiger partial charge in [-0.05, 0) is 38.3 Å². The van der Waals surface area contributed by atoms with Gasteiger partial charge in [-0.15, -0.1) is 0 Å². The van der Waals surface area contributed by atoms with Crippen molar-refractivity contribution in [3.63, 3.8) is 0 Å². The maximum absolute atomic E-state index is 12.4. The number of aryl methyl sites for hydroxylation is 1. The van der Waals surface area contributed by atoms with Crippen molar-refractivity contribution in [2.45, 2.75) is 39.3 Å². The molecule has 0 bridgehead atoms. The van der Waals surface area contributed by atoms with E-state index in [-0.39, 0.29) is 11.9 Å². The molecule has 1 aliphatic heterocycles. The minimum absolute atomic E-state index is 0.0315. The summed E-state index contributed by atoms with van der Waals surface area (Å²) in [4.78, 5) is 14.2. The number of piperidine rings is 1. The monoisotopic (exact) mass is 250 g/mol. The largest absolute Gasteiger partial charge is 0.469 e. The summed E-state index contributed by atoms with van der Waals surface area (Å²) in [6.45, 7) is 5.63. The fourth-order valence-corrected chi connectivity index (χ4v) is 2.53. The number of nitrogens with one attached hydrogen (secondary N) is 1. The summed E-state index contributed by atoms with van der Waals surface area (Å²) in [5, 5.41) is 3.33. The van der Waals surface area contributed by atoms with Gasteiger partial charge in [0, 0.05) is 19.2 Å². The van der Waals surface area contributed by atoms with E-state index in [0.29, 0.717) is 12.5 Å². The van der Waals surface area contributed by atoms with E-state index < -0.39 is 0 Å². The van der Waals surface area contributed by atoms with Crippen molar-refractivity contribution in [3.05, 3.63) is 23.7 Å². The highest BCUT2D eigenvalue weighted by molar-refractivity contribution is 5.82. The van der Waals surface area contributed by atoms with Crippen LogP contribution in [0.4, 0.5) is 0 Å². The van der Waals surface area contributed by atoms with Gasteiger partial charge in [-0.3, -0.25) is 4.79 Å². The van der Waals surface area contributed by atoms with Crippen LogP contribution in [-0.2, 0) is 11.3 Å². The quantitative estimate of drug-likeness (QED) is 0.891. The zero-order valence-electron chi connectivity index (χ0n) is 11.4. The van der Waals surface area contributed by atoms with Gasteiger partial charge in [0.15, 0.2) is 0 Å². The number of likely N-dealkylation sites (N-methyl/N-ethyl adjacent to an activating group) is 1. The number of furan rings is 1. The molecule has 0 spiro atoms. The van der Waals surface area contributed by atoms with Crippen LogP contribution in [0.25, 0.3) is 0 Å². The van der Waals surface area contributed by atoms with E-state index in [1.807, 2.05) is 20.0 Å². The predicted molar refractivity (Wildman–Crippen MR) is 70.1 cm³/mol. The minimum Gasteiger partial charge on any atom is -0.469 e. The van der Waals surface area contributed by atoms with Gasteiger partial charge in [0.1, 0.15) is 5.76 Å². The fourth-order valence-electron chi connectivity index (χ4n) is 2.53. The van der Waals surface area contributed by atoms with Crippen LogP contribution in [0.3, 0.4) is 0 Å². The molecule has 1 saturated heterocycles. The molecule has 100 valence electrons. The highest BCUT2D eigenvalue weighted by Gasteiger charge is 2.29. The number of hydrogen-bond donors (Lipinski definition) is 1. The van der Waals surface area contributed by atoms with Gasteiger partial charge in [-0.25, -0.2) is 0 Å². The molecule has 1 aromatic rings. The van der Waals surface area contributed by atoms with Crippen molar-refractivity contribution in [1.29, 1.82) is 0 Å². The number of nitrogens with zero attached hydrogens (tertiary/aromatic N) is 1. The Hall–Kier alpha value is -1.29. The van der Waals surface area contributed by atoms with Crippen molar-refractivity contribution in [2.24, 2.45) is 5.92 Å². The Kier molecular flexibility index (Phi) is 4.07. The molecule has 0 aromatic carbocycles. The highest BCUT2D eigenvalue weighted by atomic mass is 16.3. The van der Waals surface area contributed by atoms with Crippen LogP contribution in [0.1, 0.15) is 31.1 Å². The zero-order valence-corrected chi connectivity index (χ0v) is 11.4. The van der Waals surface area contributed by atoms with Gasteiger partial charge >= 0.3 is 0 Å². The van der Waals surface area contributed by atoms with Gasteiger partial charge in [-0.2, -0.15) is 0 Å². The average molecular weight is 250 g/mol. The molecule has 1 N–H and O–H groups in total. The lowest BCUT2D eigenvalue weighted by molar-refractivity contribution is -0.134. The maximum atomic E-state index is 12.4. The molecule has 1 amide bonds.